The Balaban J connectivity index is 1.78. The number of nitrogens with one attached hydrogen (secondary N) is 1. The molecule has 0 saturated heterocycles. The molecule has 3 aromatic rings. The lowest BCUT2D eigenvalue weighted by Gasteiger charge is -2.00. The van der Waals surface area contributed by atoms with Gasteiger partial charge in [0, 0.05) is 14.8 Å². The summed E-state index contributed by atoms with van der Waals surface area (Å²) in [4.78, 5) is 14.7. The van der Waals surface area contributed by atoms with Crippen molar-refractivity contribution >= 4 is 51.6 Å². The van der Waals surface area contributed by atoms with Crippen LogP contribution in [-0.2, 0) is 0 Å². The lowest BCUT2D eigenvalue weighted by molar-refractivity contribution is 0.0959. The molecular formula is C17H14ClN3OS2. The Morgan fingerprint density at radius 1 is 1.25 bits per heavy atom. The van der Waals surface area contributed by atoms with Gasteiger partial charge in [0.15, 0.2) is 0 Å². The first-order valence-corrected chi connectivity index (χ1v) is 9.16. The molecule has 0 bridgehead atoms. The summed E-state index contributed by atoms with van der Waals surface area (Å²) >= 11 is 8.80. The van der Waals surface area contributed by atoms with Crippen molar-refractivity contribution in [1.29, 1.82) is 0 Å². The maximum absolute atomic E-state index is 12.3. The minimum absolute atomic E-state index is 0.311. The van der Waals surface area contributed by atoms with Gasteiger partial charge in [-0.3, -0.25) is 4.79 Å². The fourth-order valence-corrected chi connectivity index (χ4v) is 3.84. The van der Waals surface area contributed by atoms with Gasteiger partial charge in [-0.15, -0.1) is 22.7 Å². The van der Waals surface area contributed by atoms with Crippen LogP contribution in [0, 0.1) is 0 Å². The van der Waals surface area contributed by atoms with Crippen LogP contribution in [0.1, 0.15) is 21.5 Å². The fourth-order valence-electron chi connectivity index (χ4n) is 2.06. The van der Waals surface area contributed by atoms with Gasteiger partial charge < -0.3 is 5.73 Å². The topological polar surface area (TPSA) is 67.5 Å². The number of hydrogen-bond acceptors (Lipinski definition) is 5. The van der Waals surface area contributed by atoms with E-state index in [0.29, 0.717) is 15.6 Å². The molecule has 3 N–H and O–H groups in total. The SMILES string of the molecule is C/C(=N/NC(=O)c1sc(-c2ccc(Cl)cc2)cc1N)c1cccs1. The lowest BCUT2D eigenvalue weighted by atomic mass is 10.2. The van der Waals surface area contributed by atoms with E-state index >= 15 is 0 Å². The van der Waals surface area contributed by atoms with E-state index in [1.807, 2.05) is 36.6 Å². The number of amides is 1. The number of benzene rings is 1. The van der Waals surface area contributed by atoms with E-state index in [4.69, 9.17) is 17.3 Å². The van der Waals surface area contributed by atoms with Crippen LogP contribution in [0.3, 0.4) is 0 Å². The average Bonchev–Trinajstić information content (AvgIpc) is 3.23. The molecule has 0 saturated carbocycles. The van der Waals surface area contributed by atoms with Gasteiger partial charge in [-0.2, -0.15) is 5.10 Å². The summed E-state index contributed by atoms with van der Waals surface area (Å²) < 4.78 is 0. The molecule has 0 spiro atoms. The Labute approximate surface area is 152 Å². The van der Waals surface area contributed by atoms with E-state index in [9.17, 15) is 4.79 Å². The second-order valence-corrected chi connectivity index (χ2v) is 7.45. The van der Waals surface area contributed by atoms with Crippen LogP contribution in [0.5, 0.6) is 0 Å². The molecule has 1 amide bonds. The molecule has 2 heterocycles. The number of halogens is 1. The highest BCUT2D eigenvalue weighted by atomic mass is 35.5. The second-order valence-electron chi connectivity index (χ2n) is 5.02. The van der Waals surface area contributed by atoms with Gasteiger partial charge in [0.1, 0.15) is 4.88 Å². The Morgan fingerprint density at radius 2 is 2.00 bits per heavy atom. The van der Waals surface area contributed by atoms with Crippen molar-refractivity contribution in [2.24, 2.45) is 5.10 Å². The smallest absolute Gasteiger partial charge is 0.283 e. The van der Waals surface area contributed by atoms with Gasteiger partial charge >= 0.3 is 0 Å². The quantitative estimate of drug-likeness (QED) is 0.504. The molecule has 122 valence electrons. The Morgan fingerprint density at radius 3 is 2.67 bits per heavy atom. The van der Waals surface area contributed by atoms with E-state index in [1.54, 1.807) is 29.5 Å². The average molecular weight is 376 g/mol. The van der Waals surface area contributed by atoms with E-state index < -0.39 is 0 Å². The summed E-state index contributed by atoms with van der Waals surface area (Å²) in [5.74, 6) is -0.311. The molecular weight excluding hydrogens is 362 g/mol. The zero-order valence-electron chi connectivity index (χ0n) is 12.7. The number of nitrogens with zero attached hydrogens (tertiary/aromatic N) is 1. The highest BCUT2D eigenvalue weighted by Crippen LogP contribution is 2.33. The van der Waals surface area contributed by atoms with Crippen molar-refractivity contribution in [3.05, 3.63) is 62.6 Å². The number of hydrogen-bond donors (Lipinski definition) is 2. The van der Waals surface area contributed by atoms with Gasteiger partial charge in [-0.05, 0) is 42.1 Å². The summed E-state index contributed by atoms with van der Waals surface area (Å²) in [5, 5.41) is 6.77. The van der Waals surface area contributed by atoms with Crippen molar-refractivity contribution in [2.45, 2.75) is 6.92 Å². The molecule has 1 aromatic carbocycles. The fraction of sp³-hybridized carbons (Fsp3) is 0.0588. The monoisotopic (exact) mass is 375 g/mol. The van der Waals surface area contributed by atoms with E-state index in [-0.39, 0.29) is 5.91 Å². The van der Waals surface area contributed by atoms with Crippen molar-refractivity contribution in [3.8, 4) is 10.4 Å². The first-order valence-electron chi connectivity index (χ1n) is 7.08. The predicted molar refractivity (Wildman–Crippen MR) is 103 cm³/mol. The number of hydrazone groups is 1. The Hall–Kier alpha value is -2.15. The highest BCUT2D eigenvalue weighted by molar-refractivity contribution is 7.18. The van der Waals surface area contributed by atoms with Crippen LogP contribution < -0.4 is 11.2 Å². The molecule has 3 rings (SSSR count). The largest absolute Gasteiger partial charge is 0.397 e. The van der Waals surface area contributed by atoms with E-state index in [0.717, 1.165) is 21.0 Å². The van der Waals surface area contributed by atoms with Crippen LogP contribution in [0.4, 0.5) is 5.69 Å². The minimum Gasteiger partial charge on any atom is -0.397 e. The summed E-state index contributed by atoms with van der Waals surface area (Å²) in [6.07, 6.45) is 0. The highest BCUT2D eigenvalue weighted by Gasteiger charge is 2.15. The number of anilines is 1. The summed E-state index contributed by atoms with van der Waals surface area (Å²) in [5.41, 5.74) is 10.7. The number of nitrogens with two attached hydrogens (primary N) is 1. The standard InChI is InChI=1S/C17H14ClN3OS2/c1-10(14-3-2-8-23-14)20-21-17(22)16-13(19)9-15(24-16)11-4-6-12(18)7-5-11/h2-9H,19H2,1H3,(H,21,22)/b20-10-. The Bertz CT molecular complexity index is 883. The molecule has 4 nitrogen and oxygen atoms in total. The third kappa shape index (κ3) is 3.67. The predicted octanol–water partition coefficient (Wildman–Crippen LogP) is 4.87. The molecule has 0 aliphatic rings. The molecule has 0 radical (unpaired) electrons. The van der Waals surface area contributed by atoms with Crippen LogP contribution in [0.25, 0.3) is 10.4 Å². The third-order valence-electron chi connectivity index (χ3n) is 3.30. The molecule has 0 atom stereocenters. The summed E-state index contributed by atoms with van der Waals surface area (Å²) in [7, 11) is 0. The number of carbonyl (C=O) groups excluding carboxylic acids is 1. The molecule has 2 aromatic heterocycles. The second kappa shape index (κ2) is 7.17. The zero-order valence-corrected chi connectivity index (χ0v) is 15.1. The van der Waals surface area contributed by atoms with Gasteiger partial charge in [0.2, 0.25) is 0 Å². The van der Waals surface area contributed by atoms with Crippen LogP contribution >= 0.6 is 34.3 Å². The van der Waals surface area contributed by atoms with Crippen LogP contribution in [-0.4, -0.2) is 11.6 Å². The minimum atomic E-state index is -0.311. The summed E-state index contributed by atoms with van der Waals surface area (Å²) in [6, 6.07) is 13.1. The van der Waals surface area contributed by atoms with E-state index in [1.165, 1.54) is 11.3 Å². The van der Waals surface area contributed by atoms with Gasteiger partial charge in [0.05, 0.1) is 11.4 Å². The maximum Gasteiger partial charge on any atom is 0.283 e. The Kier molecular flexibility index (Phi) is 4.99. The van der Waals surface area contributed by atoms with Crippen LogP contribution in [0.15, 0.2) is 52.9 Å². The van der Waals surface area contributed by atoms with Crippen molar-refractivity contribution < 1.29 is 4.79 Å². The van der Waals surface area contributed by atoms with Crippen LogP contribution in [0.2, 0.25) is 5.02 Å². The van der Waals surface area contributed by atoms with Gasteiger partial charge in [0.25, 0.3) is 5.91 Å². The first-order chi connectivity index (χ1) is 11.5. The molecule has 7 heteroatoms. The number of nitrogen functional groups attached to an aromatic ring is 1. The van der Waals surface area contributed by atoms with E-state index in [2.05, 4.69) is 10.5 Å². The number of thiophene rings is 2. The van der Waals surface area contributed by atoms with Gasteiger partial charge in [-0.1, -0.05) is 29.8 Å². The normalized spacial score (nSPS) is 11.5. The maximum atomic E-state index is 12.3. The summed E-state index contributed by atoms with van der Waals surface area (Å²) in [6.45, 7) is 1.85. The third-order valence-corrected chi connectivity index (χ3v) is 5.73. The van der Waals surface area contributed by atoms with Gasteiger partial charge in [-0.25, -0.2) is 5.43 Å². The lowest BCUT2D eigenvalue weighted by Crippen LogP contribution is -2.19. The van der Waals surface area contributed by atoms with Crippen molar-refractivity contribution in [3.63, 3.8) is 0 Å². The zero-order chi connectivity index (χ0) is 17.1. The first kappa shape index (κ1) is 16.7. The van der Waals surface area contributed by atoms with Crippen molar-refractivity contribution in [1.82, 2.24) is 5.43 Å². The molecule has 0 unspecified atom stereocenters. The molecule has 0 aliphatic carbocycles. The molecule has 24 heavy (non-hydrogen) atoms. The molecule has 0 fully saturated rings. The number of rotatable bonds is 4. The number of carbonyl (C=O) groups is 1. The van der Waals surface area contributed by atoms with Crippen molar-refractivity contribution in [2.75, 3.05) is 5.73 Å². The molecule has 0 aliphatic heterocycles.